The van der Waals surface area contributed by atoms with Crippen molar-refractivity contribution >= 4 is 17.3 Å². The van der Waals surface area contributed by atoms with Crippen molar-refractivity contribution in [3.8, 4) is 0 Å². The smallest absolute Gasteiger partial charge is 0.265 e. The Labute approximate surface area is 111 Å². The maximum Gasteiger partial charge on any atom is 0.265 e. The molecule has 1 amide bonds. The molecule has 0 fully saturated rings. The highest BCUT2D eigenvalue weighted by molar-refractivity contribution is 6.35. The number of amides is 1. The summed E-state index contributed by atoms with van der Waals surface area (Å²) in [7, 11) is 1.81. The summed E-state index contributed by atoms with van der Waals surface area (Å²) in [5.41, 5.74) is 3.13. The van der Waals surface area contributed by atoms with E-state index < -0.39 is 5.54 Å². The van der Waals surface area contributed by atoms with Crippen molar-refractivity contribution in [1.29, 1.82) is 0 Å². The van der Waals surface area contributed by atoms with Gasteiger partial charge in [-0.05, 0) is 11.6 Å². The van der Waals surface area contributed by atoms with Gasteiger partial charge in [0.2, 0.25) is 5.54 Å². The zero-order chi connectivity index (χ0) is 13.0. The van der Waals surface area contributed by atoms with Crippen LogP contribution in [0.2, 0.25) is 0 Å². The Hall–Kier alpha value is -2.42. The third-order valence-electron chi connectivity index (χ3n) is 3.89. The zero-order valence-corrected chi connectivity index (χ0v) is 10.5. The summed E-state index contributed by atoms with van der Waals surface area (Å²) in [6, 6.07) is 17.8. The number of carbonyl (C=O) groups is 1. The van der Waals surface area contributed by atoms with Crippen LogP contribution in [0, 0.1) is 0 Å². The summed E-state index contributed by atoms with van der Waals surface area (Å²) in [6.45, 7) is 0. The van der Waals surface area contributed by atoms with E-state index in [2.05, 4.69) is 4.99 Å². The Balaban J connectivity index is 1.85. The lowest BCUT2D eigenvalue weighted by Gasteiger charge is -2.09. The molecule has 1 atom stereocenters. The van der Waals surface area contributed by atoms with E-state index in [1.807, 2.05) is 61.6 Å². The van der Waals surface area contributed by atoms with Gasteiger partial charge in [-0.15, -0.1) is 0 Å². The summed E-state index contributed by atoms with van der Waals surface area (Å²) >= 11 is 0. The Morgan fingerprint density at radius 3 is 2.47 bits per heavy atom. The fourth-order valence-electron chi connectivity index (χ4n) is 2.89. The van der Waals surface area contributed by atoms with Crippen molar-refractivity contribution in [2.45, 2.75) is 5.54 Å². The first-order valence-electron chi connectivity index (χ1n) is 6.28. The van der Waals surface area contributed by atoms with Crippen LogP contribution in [0.25, 0.3) is 0 Å². The van der Waals surface area contributed by atoms with Gasteiger partial charge in [-0.25, -0.2) is 0 Å². The molecule has 0 aliphatic carbocycles. The fourth-order valence-corrected chi connectivity index (χ4v) is 2.89. The van der Waals surface area contributed by atoms with Crippen molar-refractivity contribution in [1.82, 2.24) is 0 Å². The zero-order valence-electron chi connectivity index (χ0n) is 10.5. The molecule has 1 spiro atoms. The van der Waals surface area contributed by atoms with Crippen LogP contribution in [0.3, 0.4) is 0 Å². The number of carbonyl (C=O) groups excluding carboxylic acids is 1. The van der Waals surface area contributed by atoms with E-state index >= 15 is 0 Å². The molecule has 0 aromatic heterocycles. The van der Waals surface area contributed by atoms with Gasteiger partial charge in [0.1, 0.15) is 0 Å². The minimum atomic E-state index is -0.743. The molecule has 2 heterocycles. The predicted octanol–water partition coefficient (Wildman–Crippen LogP) is 2.36. The van der Waals surface area contributed by atoms with E-state index in [1.165, 1.54) is 0 Å². The van der Waals surface area contributed by atoms with Gasteiger partial charge < -0.3 is 4.90 Å². The first-order chi connectivity index (χ1) is 9.25. The van der Waals surface area contributed by atoms with Crippen molar-refractivity contribution in [3.05, 3.63) is 65.7 Å². The highest BCUT2D eigenvalue weighted by atomic mass is 16.2. The number of benzene rings is 2. The second kappa shape index (κ2) is 3.32. The number of nitrogens with zero attached hydrogens (tertiary/aromatic N) is 2. The minimum Gasteiger partial charge on any atom is -0.312 e. The van der Waals surface area contributed by atoms with Crippen LogP contribution in [0.5, 0.6) is 0 Å². The van der Waals surface area contributed by atoms with E-state index in [4.69, 9.17) is 0 Å². The van der Waals surface area contributed by atoms with Gasteiger partial charge in [0.05, 0.1) is 5.71 Å². The monoisotopic (exact) mass is 248 g/mol. The highest BCUT2D eigenvalue weighted by Crippen LogP contribution is 2.52. The Morgan fingerprint density at radius 1 is 1.00 bits per heavy atom. The van der Waals surface area contributed by atoms with E-state index in [1.54, 1.807) is 4.90 Å². The molecule has 2 aliphatic heterocycles. The normalized spacial score (nSPS) is 23.5. The van der Waals surface area contributed by atoms with Crippen molar-refractivity contribution < 1.29 is 4.79 Å². The number of anilines is 1. The van der Waals surface area contributed by atoms with Gasteiger partial charge in [0.15, 0.2) is 0 Å². The number of fused-ring (bicyclic) bond motifs is 2. The molecule has 0 radical (unpaired) electrons. The molecule has 2 aromatic carbocycles. The van der Waals surface area contributed by atoms with Crippen LogP contribution in [-0.4, -0.2) is 18.7 Å². The molecule has 92 valence electrons. The standard InChI is InChI=1S/C16H12N2O/c1-18-13-10-6-5-9-12(13)16(15(18)19)14(17-16)11-7-3-2-4-8-11/h2-10H,1H3. The van der Waals surface area contributed by atoms with Gasteiger partial charge in [0, 0.05) is 18.3 Å². The van der Waals surface area contributed by atoms with Gasteiger partial charge in [-0.1, -0.05) is 48.5 Å². The van der Waals surface area contributed by atoms with Crippen LogP contribution in [0.1, 0.15) is 11.1 Å². The Kier molecular flexibility index (Phi) is 1.83. The lowest BCUT2D eigenvalue weighted by Crippen LogP contribution is -2.32. The minimum absolute atomic E-state index is 0.0487. The van der Waals surface area contributed by atoms with Crippen LogP contribution in [0.15, 0.2) is 59.6 Å². The second-order valence-corrected chi connectivity index (χ2v) is 4.92. The van der Waals surface area contributed by atoms with E-state index in [0.717, 1.165) is 22.5 Å². The average molecular weight is 248 g/mol. The third-order valence-corrected chi connectivity index (χ3v) is 3.89. The number of hydrogen-bond acceptors (Lipinski definition) is 2. The van der Waals surface area contributed by atoms with Gasteiger partial charge in [-0.2, -0.15) is 0 Å². The molecule has 0 saturated carbocycles. The maximum absolute atomic E-state index is 12.5. The molecule has 0 bridgehead atoms. The molecular weight excluding hydrogens is 236 g/mol. The summed E-state index contributed by atoms with van der Waals surface area (Å²) in [5, 5.41) is 0. The van der Waals surface area contributed by atoms with Gasteiger partial charge >= 0.3 is 0 Å². The lowest BCUT2D eigenvalue weighted by atomic mass is 9.92. The molecular formula is C16H12N2O. The number of likely N-dealkylation sites (N-methyl/N-ethyl adjacent to an activating group) is 1. The Morgan fingerprint density at radius 2 is 1.68 bits per heavy atom. The lowest BCUT2D eigenvalue weighted by molar-refractivity contribution is -0.119. The molecule has 1 unspecified atom stereocenters. The number of rotatable bonds is 1. The molecule has 2 aromatic rings. The number of para-hydroxylation sites is 1. The van der Waals surface area contributed by atoms with Gasteiger partial charge in [0.25, 0.3) is 5.91 Å². The number of hydrogen-bond donors (Lipinski definition) is 0. The molecule has 3 heteroatoms. The molecule has 2 aliphatic rings. The molecule has 3 nitrogen and oxygen atoms in total. The topological polar surface area (TPSA) is 32.7 Å². The van der Waals surface area contributed by atoms with Crippen LogP contribution in [-0.2, 0) is 10.3 Å². The summed E-state index contributed by atoms with van der Waals surface area (Å²) in [6.07, 6.45) is 0. The molecule has 0 N–H and O–H groups in total. The molecule has 4 rings (SSSR count). The van der Waals surface area contributed by atoms with Crippen LogP contribution in [0.4, 0.5) is 5.69 Å². The highest BCUT2D eigenvalue weighted by Gasteiger charge is 2.62. The summed E-state index contributed by atoms with van der Waals surface area (Å²) < 4.78 is 0. The Bertz CT molecular complexity index is 721. The number of aliphatic imine (C=N–C) groups is 1. The first kappa shape index (κ1) is 10.5. The van der Waals surface area contributed by atoms with E-state index in [0.29, 0.717) is 0 Å². The average Bonchev–Trinajstić information content (AvgIpc) is 3.19. The largest absolute Gasteiger partial charge is 0.312 e. The van der Waals surface area contributed by atoms with Crippen molar-refractivity contribution in [3.63, 3.8) is 0 Å². The molecule has 0 saturated heterocycles. The first-order valence-corrected chi connectivity index (χ1v) is 6.28. The second-order valence-electron chi connectivity index (χ2n) is 4.92. The van der Waals surface area contributed by atoms with Crippen molar-refractivity contribution in [2.24, 2.45) is 4.99 Å². The van der Waals surface area contributed by atoms with E-state index in [9.17, 15) is 4.79 Å². The van der Waals surface area contributed by atoms with E-state index in [-0.39, 0.29) is 5.91 Å². The van der Waals surface area contributed by atoms with Gasteiger partial charge in [-0.3, -0.25) is 9.79 Å². The SMILES string of the molecule is CN1C(=O)C2(N=C2c2ccccc2)c2ccccc21. The quantitative estimate of drug-likeness (QED) is 0.762. The maximum atomic E-state index is 12.5. The van der Waals surface area contributed by atoms with Crippen LogP contribution < -0.4 is 4.90 Å². The fraction of sp³-hybridized carbons (Fsp3) is 0.125. The molecule has 19 heavy (non-hydrogen) atoms. The summed E-state index contributed by atoms with van der Waals surface area (Å²) in [4.78, 5) is 18.8. The van der Waals surface area contributed by atoms with Crippen molar-refractivity contribution in [2.75, 3.05) is 11.9 Å². The summed E-state index contributed by atoms with van der Waals surface area (Å²) in [5.74, 6) is 0.0487. The predicted molar refractivity (Wildman–Crippen MR) is 74.5 cm³/mol. The van der Waals surface area contributed by atoms with Crippen LogP contribution >= 0.6 is 0 Å². The third kappa shape index (κ3) is 1.17.